The maximum Gasteiger partial charge on any atom is 0.224 e. The van der Waals surface area contributed by atoms with Crippen molar-refractivity contribution in [3.05, 3.63) is 15.9 Å². The van der Waals surface area contributed by atoms with Gasteiger partial charge in [0.25, 0.3) is 0 Å². The molecule has 0 radical (unpaired) electrons. The number of aromatic nitrogens is 2. The summed E-state index contributed by atoms with van der Waals surface area (Å²) < 4.78 is 2.96. The number of aryl methyl sites for hydroxylation is 1. The van der Waals surface area contributed by atoms with Gasteiger partial charge < -0.3 is 10.2 Å². The Bertz CT molecular complexity index is 577. The lowest BCUT2D eigenvalue weighted by atomic mass is 10.1. The summed E-state index contributed by atoms with van der Waals surface area (Å²) in [5.74, 6) is -0.000718. The normalized spacial score (nSPS) is 13.7. The fraction of sp³-hybridized carbons (Fsp3) is 0.818. The molecular weight excluding hydrogens is 416 g/mol. The van der Waals surface area contributed by atoms with Crippen LogP contribution in [0.4, 0.5) is 0 Å². The van der Waals surface area contributed by atoms with Crippen LogP contribution in [-0.4, -0.2) is 46.3 Å². The smallest absolute Gasteiger partial charge is 0.224 e. The molecule has 0 aliphatic rings. The van der Waals surface area contributed by atoms with Crippen LogP contribution < -0.4 is 5.32 Å². The van der Waals surface area contributed by atoms with Gasteiger partial charge in [-0.3, -0.25) is 9.48 Å². The molecule has 2 unspecified atom stereocenters. The van der Waals surface area contributed by atoms with Gasteiger partial charge in [-0.1, -0.05) is 46.5 Å². The van der Waals surface area contributed by atoms with Gasteiger partial charge in [-0.25, -0.2) is 0 Å². The summed E-state index contributed by atoms with van der Waals surface area (Å²) in [5, 5.41) is 7.74. The third-order valence-electron chi connectivity index (χ3n) is 5.26. The predicted molar refractivity (Wildman–Crippen MR) is 122 cm³/mol. The third kappa shape index (κ3) is 8.64. The molecule has 162 valence electrons. The van der Waals surface area contributed by atoms with Gasteiger partial charge in [0.05, 0.1) is 22.6 Å². The molecule has 0 bridgehead atoms. The molecule has 28 heavy (non-hydrogen) atoms. The standard InChI is InChI=1S/C22H41BrN4O/c1-7-9-11-13-26(14-12-10-8-2)16-18(4)24-22(28)17(3)15-27-20(6)21(23)19(5)25-27/h17-18H,7-16H2,1-6H3,(H,24,28). The van der Waals surface area contributed by atoms with Crippen molar-refractivity contribution < 1.29 is 4.79 Å². The molecule has 0 spiro atoms. The summed E-state index contributed by atoms with van der Waals surface area (Å²) in [6, 6.07) is 0.158. The van der Waals surface area contributed by atoms with Crippen LogP contribution in [0, 0.1) is 19.8 Å². The van der Waals surface area contributed by atoms with Crippen LogP contribution in [0.1, 0.15) is 77.6 Å². The van der Waals surface area contributed by atoms with E-state index in [4.69, 9.17) is 0 Å². The van der Waals surface area contributed by atoms with Gasteiger partial charge in [0.15, 0.2) is 0 Å². The Morgan fingerprint density at radius 3 is 2.14 bits per heavy atom. The Balaban J connectivity index is 2.53. The highest BCUT2D eigenvalue weighted by atomic mass is 79.9. The molecule has 1 N–H and O–H groups in total. The summed E-state index contributed by atoms with van der Waals surface area (Å²) in [4.78, 5) is 15.2. The Morgan fingerprint density at radius 2 is 1.68 bits per heavy atom. The minimum Gasteiger partial charge on any atom is -0.352 e. The van der Waals surface area contributed by atoms with E-state index in [2.05, 4.69) is 52.0 Å². The summed E-state index contributed by atoms with van der Waals surface area (Å²) in [7, 11) is 0. The van der Waals surface area contributed by atoms with Crippen LogP contribution in [0.15, 0.2) is 4.47 Å². The molecule has 2 atom stereocenters. The van der Waals surface area contributed by atoms with Crippen LogP contribution in [-0.2, 0) is 11.3 Å². The summed E-state index contributed by atoms with van der Waals surface area (Å²) in [5.41, 5.74) is 2.04. The van der Waals surface area contributed by atoms with Crippen LogP contribution in [0.5, 0.6) is 0 Å². The van der Waals surface area contributed by atoms with Gasteiger partial charge in [0.1, 0.15) is 0 Å². The van der Waals surface area contributed by atoms with E-state index in [1.807, 2.05) is 25.5 Å². The number of hydrogen-bond donors (Lipinski definition) is 1. The van der Waals surface area contributed by atoms with Crippen LogP contribution >= 0.6 is 15.9 Å². The lowest BCUT2D eigenvalue weighted by Crippen LogP contribution is -2.45. The number of nitrogens with zero attached hydrogens (tertiary/aromatic N) is 3. The van der Waals surface area contributed by atoms with Crippen molar-refractivity contribution in [2.45, 2.75) is 92.7 Å². The quantitative estimate of drug-likeness (QED) is 0.396. The Labute approximate surface area is 180 Å². The summed E-state index contributed by atoms with van der Waals surface area (Å²) in [6.07, 6.45) is 7.53. The molecule has 0 aliphatic heterocycles. The molecule has 1 aromatic heterocycles. The zero-order valence-electron chi connectivity index (χ0n) is 18.9. The van der Waals surface area contributed by atoms with Gasteiger partial charge >= 0.3 is 0 Å². The molecule has 1 heterocycles. The van der Waals surface area contributed by atoms with E-state index in [1.54, 1.807) is 0 Å². The molecule has 1 aromatic rings. The summed E-state index contributed by atoms with van der Waals surface area (Å²) in [6.45, 7) is 16.4. The second-order valence-corrected chi connectivity index (χ2v) is 8.99. The minimum absolute atomic E-state index is 0.109. The molecule has 5 nitrogen and oxygen atoms in total. The highest BCUT2D eigenvalue weighted by molar-refractivity contribution is 9.10. The average Bonchev–Trinajstić information content (AvgIpc) is 2.88. The first-order chi connectivity index (χ1) is 13.3. The van der Waals surface area contributed by atoms with Gasteiger partial charge in [-0.2, -0.15) is 5.10 Å². The minimum atomic E-state index is -0.110. The lowest BCUT2D eigenvalue weighted by molar-refractivity contribution is -0.125. The first kappa shape index (κ1) is 25.2. The van der Waals surface area contributed by atoms with Gasteiger partial charge in [0, 0.05) is 18.3 Å². The number of unbranched alkanes of at least 4 members (excludes halogenated alkanes) is 4. The van der Waals surface area contributed by atoms with Gasteiger partial charge in [-0.05, 0) is 62.6 Å². The summed E-state index contributed by atoms with van der Waals surface area (Å²) >= 11 is 3.56. The zero-order chi connectivity index (χ0) is 21.1. The number of amides is 1. The number of halogens is 1. The van der Waals surface area contributed by atoms with E-state index in [1.165, 1.54) is 38.5 Å². The van der Waals surface area contributed by atoms with E-state index in [-0.39, 0.29) is 17.9 Å². The lowest BCUT2D eigenvalue weighted by Gasteiger charge is -2.27. The Morgan fingerprint density at radius 1 is 1.11 bits per heavy atom. The first-order valence-electron chi connectivity index (χ1n) is 11.0. The van der Waals surface area contributed by atoms with Crippen molar-refractivity contribution in [2.24, 2.45) is 5.92 Å². The second kappa shape index (κ2) is 13.4. The topological polar surface area (TPSA) is 50.2 Å². The van der Waals surface area contributed by atoms with Crippen molar-refractivity contribution in [2.75, 3.05) is 19.6 Å². The predicted octanol–water partition coefficient (Wildman–Crippen LogP) is 5.09. The molecule has 0 aromatic carbocycles. The highest BCUT2D eigenvalue weighted by Gasteiger charge is 2.19. The van der Waals surface area contributed by atoms with Crippen molar-refractivity contribution in [1.29, 1.82) is 0 Å². The van der Waals surface area contributed by atoms with Gasteiger partial charge in [0.2, 0.25) is 5.91 Å². The van der Waals surface area contributed by atoms with E-state index in [0.29, 0.717) is 6.54 Å². The number of carbonyl (C=O) groups excluding carboxylic acids is 1. The molecule has 0 saturated carbocycles. The highest BCUT2D eigenvalue weighted by Crippen LogP contribution is 2.20. The number of rotatable bonds is 14. The van der Waals surface area contributed by atoms with Crippen LogP contribution in [0.25, 0.3) is 0 Å². The molecule has 6 heteroatoms. The van der Waals surface area contributed by atoms with Crippen LogP contribution in [0.3, 0.4) is 0 Å². The molecule has 1 amide bonds. The fourth-order valence-electron chi connectivity index (χ4n) is 3.48. The van der Waals surface area contributed by atoms with E-state index < -0.39 is 0 Å². The maximum atomic E-state index is 12.7. The van der Waals surface area contributed by atoms with Crippen molar-refractivity contribution in [3.63, 3.8) is 0 Å². The number of nitrogens with one attached hydrogen (secondary N) is 1. The molecule has 1 rings (SSSR count). The Kier molecular flexibility index (Phi) is 12.0. The van der Waals surface area contributed by atoms with Crippen LogP contribution in [0.2, 0.25) is 0 Å². The van der Waals surface area contributed by atoms with E-state index in [9.17, 15) is 4.79 Å². The van der Waals surface area contributed by atoms with Crippen molar-refractivity contribution in [3.8, 4) is 0 Å². The monoisotopic (exact) mass is 456 g/mol. The second-order valence-electron chi connectivity index (χ2n) is 8.19. The Hall–Kier alpha value is -0.880. The molecule has 0 fully saturated rings. The first-order valence-corrected chi connectivity index (χ1v) is 11.8. The van der Waals surface area contributed by atoms with Gasteiger partial charge in [-0.15, -0.1) is 0 Å². The zero-order valence-corrected chi connectivity index (χ0v) is 20.4. The SMILES string of the molecule is CCCCCN(CCCCC)CC(C)NC(=O)C(C)Cn1nc(C)c(Br)c1C. The van der Waals surface area contributed by atoms with Crippen molar-refractivity contribution >= 4 is 21.8 Å². The van der Waals surface area contributed by atoms with Crippen molar-refractivity contribution in [1.82, 2.24) is 20.0 Å². The van der Waals surface area contributed by atoms with E-state index in [0.717, 1.165) is 35.5 Å². The average molecular weight is 458 g/mol. The fourth-order valence-corrected chi connectivity index (χ4v) is 3.76. The maximum absolute atomic E-state index is 12.7. The third-order valence-corrected chi connectivity index (χ3v) is 6.41. The number of hydrogen-bond acceptors (Lipinski definition) is 3. The van der Waals surface area contributed by atoms with E-state index >= 15 is 0 Å². The number of carbonyl (C=O) groups is 1. The molecule has 0 saturated heterocycles. The molecule has 0 aliphatic carbocycles. The molecular formula is C22H41BrN4O. The largest absolute Gasteiger partial charge is 0.352 e.